The number of nitrogens with one attached hydrogen (secondary N) is 1. The van der Waals surface area contributed by atoms with Gasteiger partial charge >= 0.3 is 0 Å². The molecule has 136 valence electrons. The Balaban J connectivity index is 1.94. The summed E-state index contributed by atoms with van der Waals surface area (Å²) in [7, 11) is 0. The van der Waals surface area contributed by atoms with Crippen LogP contribution in [0.25, 0.3) is 5.65 Å². The third-order valence-electron chi connectivity index (χ3n) is 4.23. The topological polar surface area (TPSA) is 75.9 Å². The van der Waals surface area contributed by atoms with E-state index in [0.717, 1.165) is 5.56 Å². The molecule has 3 rings (SSSR count). The van der Waals surface area contributed by atoms with Crippen LogP contribution in [0.4, 0.5) is 0 Å². The summed E-state index contributed by atoms with van der Waals surface area (Å²) >= 11 is 0. The number of aryl methyl sites for hydroxylation is 1. The molecule has 6 heteroatoms. The van der Waals surface area contributed by atoms with Gasteiger partial charge in [-0.05, 0) is 38.0 Å². The number of ether oxygens (including phenoxy) is 1. The lowest BCUT2D eigenvalue weighted by Crippen LogP contribution is -2.30. The molecule has 1 amide bonds. The summed E-state index contributed by atoms with van der Waals surface area (Å²) in [6.45, 7) is 4.23. The van der Waals surface area contributed by atoms with E-state index in [1.165, 1.54) is 0 Å². The molecule has 2 aromatic heterocycles. The summed E-state index contributed by atoms with van der Waals surface area (Å²) < 4.78 is 7.35. The number of rotatable bonds is 7. The van der Waals surface area contributed by atoms with Gasteiger partial charge in [0.1, 0.15) is 5.69 Å². The van der Waals surface area contributed by atoms with Crippen LogP contribution in [0, 0.1) is 6.92 Å². The fourth-order valence-electron chi connectivity index (χ4n) is 3.06. The second kappa shape index (κ2) is 8.01. The molecule has 3 aromatic rings. The SMILES string of the molecule is CCOc1cccn2c(C(=O)N[C@@H](CCO)c3ccccc3)c(C)nc12. The first-order valence-corrected chi connectivity index (χ1v) is 8.72. The number of fused-ring (bicyclic) bond motifs is 1. The fraction of sp³-hybridized carbons (Fsp3) is 0.300. The molecule has 0 unspecified atom stereocenters. The monoisotopic (exact) mass is 353 g/mol. The molecule has 0 fully saturated rings. The van der Waals surface area contributed by atoms with Crippen molar-refractivity contribution in [2.45, 2.75) is 26.3 Å². The van der Waals surface area contributed by atoms with Gasteiger partial charge in [0, 0.05) is 12.8 Å². The number of benzene rings is 1. The van der Waals surface area contributed by atoms with E-state index in [4.69, 9.17) is 4.74 Å². The van der Waals surface area contributed by atoms with Gasteiger partial charge < -0.3 is 15.2 Å². The molecule has 0 radical (unpaired) electrons. The first-order chi connectivity index (χ1) is 12.7. The van der Waals surface area contributed by atoms with Crippen molar-refractivity contribution in [1.29, 1.82) is 0 Å². The normalized spacial score (nSPS) is 12.1. The minimum Gasteiger partial charge on any atom is -0.490 e. The first kappa shape index (κ1) is 17.9. The zero-order valence-corrected chi connectivity index (χ0v) is 15.0. The Hall–Kier alpha value is -2.86. The lowest BCUT2D eigenvalue weighted by atomic mass is 10.0. The molecule has 0 saturated heterocycles. The number of imidazole rings is 1. The molecule has 0 saturated carbocycles. The number of carbonyl (C=O) groups is 1. The average Bonchev–Trinajstić information content (AvgIpc) is 2.99. The van der Waals surface area contributed by atoms with E-state index in [-0.39, 0.29) is 18.6 Å². The van der Waals surface area contributed by atoms with Gasteiger partial charge in [-0.15, -0.1) is 0 Å². The van der Waals surface area contributed by atoms with Crippen LogP contribution in [0.3, 0.4) is 0 Å². The van der Waals surface area contributed by atoms with Gasteiger partial charge in [0.15, 0.2) is 11.4 Å². The number of pyridine rings is 1. The number of hydrogen-bond donors (Lipinski definition) is 2. The Labute approximate surface area is 152 Å². The number of aliphatic hydroxyl groups is 1. The molecule has 2 heterocycles. The summed E-state index contributed by atoms with van der Waals surface area (Å²) in [4.78, 5) is 17.5. The molecular weight excluding hydrogens is 330 g/mol. The molecular formula is C20H23N3O3. The summed E-state index contributed by atoms with van der Waals surface area (Å²) in [5.74, 6) is 0.415. The van der Waals surface area contributed by atoms with Gasteiger partial charge in [-0.2, -0.15) is 0 Å². The highest BCUT2D eigenvalue weighted by atomic mass is 16.5. The van der Waals surface area contributed by atoms with Crippen LogP contribution in [-0.4, -0.2) is 33.6 Å². The predicted octanol–water partition coefficient (Wildman–Crippen LogP) is 2.89. The van der Waals surface area contributed by atoms with Gasteiger partial charge in [-0.1, -0.05) is 30.3 Å². The molecule has 6 nitrogen and oxygen atoms in total. The van der Waals surface area contributed by atoms with E-state index >= 15 is 0 Å². The van der Waals surface area contributed by atoms with Crippen molar-refractivity contribution in [3.8, 4) is 5.75 Å². The minimum absolute atomic E-state index is 0.0134. The number of hydrogen-bond acceptors (Lipinski definition) is 4. The Morgan fingerprint density at radius 2 is 2.04 bits per heavy atom. The van der Waals surface area contributed by atoms with Crippen molar-refractivity contribution in [2.75, 3.05) is 13.2 Å². The van der Waals surface area contributed by atoms with Crippen molar-refractivity contribution < 1.29 is 14.6 Å². The maximum absolute atomic E-state index is 13.0. The average molecular weight is 353 g/mol. The third-order valence-corrected chi connectivity index (χ3v) is 4.23. The van der Waals surface area contributed by atoms with Crippen LogP contribution >= 0.6 is 0 Å². The van der Waals surface area contributed by atoms with E-state index in [1.807, 2.05) is 49.4 Å². The molecule has 1 atom stereocenters. The third kappa shape index (κ3) is 3.55. The molecule has 0 aliphatic rings. The van der Waals surface area contributed by atoms with Crippen LogP contribution in [-0.2, 0) is 0 Å². The largest absolute Gasteiger partial charge is 0.490 e. The van der Waals surface area contributed by atoms with Crippen LogP contribution in [0.1, 0.15) is 41.1 Å². The fourth-order valence-corrected chi connectivity index (χ4v) is 3.06. The van der Waals surface area contributed by atoms with Gasteiger partial charge in [0.2, 0.25) is 0 Å². The van der Waals surface area contributed by atoms with Gasteiger partial charge in [0.05, 0.1) is 18.3 Å². The molecule has 0 aliphatic carbocycles. The van der Waals surface area contributed by atoms with Gasteiger partial charge in [0.25, 0.3) is 5.91 Å². The Morgan fingerprint density at radius 3 is 2.73 bits per heavy atom. The molecule has 0 bridgehead atoms. The van der Waals surface area contributed by atoms with Crippen LogP contribution < -0.4 is 10.1 Å². The van der Waals surface area contributed by atoms with E-state index < -0.39 is 0 Å². The number of carbonyl (C=O) groups excluding carboxylic acids is 1. The Bertz CT molecular complexity index is 890. The zero-order valence-electron chi connectivity index (χ0n) is 15.0. The highest BCUT2D eigenvalue weighted by molar-refractivity contribution is 5.95. The van der Waals surface area contributed by atoms with Crippen molar-refractivity contribution in [3.63, 3.8) is 0 Å². The van der Waals surface area contributed by atoms with Crippen LogP contribution in [0.2, 0.25) is 0 Å². The van der Waals surface area contributed by atoms with Crippen molar-refractivity contribution in [2.24, 2.45) is 0 Å². The van der Waals surface area contributed by atoms with E-state index in [1.54, 1.807) is 17.5 Å². The summed E-state index contributed by atoms with van der Waals surface area (Å²) in [6.07, 6.45) is 2.24. The zero-order chi connectivity index (χ0) is 18.5. The Kier molecular flexibility index (Phi) is 5.53. The molecule has 2 N–H and O–H groups in total. The maximum Gasteiger partial charge on any atom is 0.270 e. The number of amides is 1. The summed E-state index contributed by atoms with van der Waals surface area (Å²) in [5.41, 5.74) is 2.68. The number of nitrogens with zero attached hydrogens (tertiary/aromatic N) is 2. The maximum atomic E-state index is 13.0. The molecule has 0 aliphatic heterocycles. The molecule has 1 aromatic carbocycles. The smallest absolute Gasteiger partial charge is 0.270 e. The lowest BCUT2D eigenvalue weighted by Gasteiger charge is -2.18. The summed E-state index contributed by atoms with van der Waals surface area (Å²) in [6, 6.07) is 13.0. The highest BCUT2D eigenvalue weighted by Crippen LogP contribution is 2.23. The second-order valence-corrected chi connectivity index (χ2v) is 5.99. The predicted molar refractivity (Wildman–Crippen MR) is 99.5 cm³/mol. The lowest BCUT2D eigenvalue weighted by molar-refractivity contribution is 0.0923. The Morgan fingerprint density at radius 1 is 1.27 bits per heavy atom. The molecule has 26 heavy (non-hydrogen) atoms. The van der Waals surface area contributed by atoms with E-state index in [9.17, 15) is 9.90 Å². The number of aromatic nitrogens is 2. The van der Waals surface area contributed by atoms with Gasteiger partial charge in [-0.3, -0.25) is 9.20 Å². The quantitative estimate of drug-likeness (QED) is 0.685. The van der Waals surface area contributed by atoms with Crippen molar-refractivity contribution >= 4 is 11.6 Å². The first-order valence-electron chi connectivity index (χ1n) is 8.72. The van der Waals surface area contributed by atoms with Crippen molar-refractivity contribution in [3.05, 3.63) is 65.6 Å². The van der Waals surface area contributed by atoms with E-state index in [0.29, 0.717) is 35.8 Å². The van der Waals surface area contributed by atoms with Gasteiger partial charge in [-0.25, -0.2) is 4.98 Å². The summed E-state index contributed by atoms with van der Waals surface area (Å²) in [5, 5.41) is 12.4. The highest BCUT2D eigenvalue weighted by Gasteiger charge is 2.22. The molecule has 0 spiro atoms. The number of aliphatic hydroxyl groups excluding tert-OH is 1. The van der Waals surface area contributed by atoms with E-state index in [2.05, 4.69) is 10.3 Å². The minimum atomic E-state index is -0.270. The van der Waals surface area contributed by atoms with Crippen LogP contribution in [0.5, 0.6) is 5.75 Å². The van der Waals surface area contributed by atoms with Crippen LogP contribution in [0.15, 0.2) is 48.7 Å². The standard InChI is InChI=1S/C20H23N3O3/c1-3-26-17-10-7-12-23-18(14(2)21-19(17)23)20(25)22-16(11-13-24)15-8-5-4-6-9-15/h4-10,12,16,24H,3,11,13H2,1-2H3,(H,22,25)/t16-/m0/s1. The van der Waals surface area contributed by atoms with Crippen molar-refractivity contribution in [1.82, 2.24) is 14.7 Å². The second-order valence-electron chi connectivity index (χ2n) is 5.99.